The fourth-order valence-electron chi connectivity index (χ4n) is 2.39. The molecule has 0 saturated carbocycles. The summed E-state index contributed by atoms with van der Waals surface area (Å²) in [6.07, 6.45) is 0. The highest BCUT2D eigenvalue weighted by Crippen LogP contribution is 2.23. The zero-order valence-corrected chi connectivity index (χ0v) is 14.3. The third-order valence-electron chi connectivity index (χ3n) is 3.79. The van der Waals surface area contributed by atoms with Gasteiger partial charge in [0.25, 0.3) is 5.91 Å². The zero-order valence-electron chi connectivity index (χ0n) is 13.5. The molecule has 0 aliphatic heterocycles. The Hall–Kier alpha value is -2.53. The van der Waals surface area contributed by atoms with Gasteiger partial charge in [-0.05, 0) is 54.6 Å². The lowest BCUT2D eigenvalue weighted by molar-refractivity contribution is 0.0950. The molecule has 24 heavy (non-hydrogen) atoms. The molecule has 3 rings (SSSR count). The molecular formula is C19H17FN2OS. The Bertz CT molecular complexity index is 875. The fourth-order valence-corrected chi connectivity index (χ4v) is 3.08. The average molecular weight is 340 g/mol. The van der Waals surface area contributed by atoms with Crippen molar-refractivity contribution in [2.75, 3.05) is 0 Å². The number of nitrogens with one attached hydrogen (secondary N) is 1. The Morgan fingerprint density at radius 3 is 2.71 bits per heavy atom. The number of amides is 1. The van der Waals surface area contributed by atoms with Crippen molar-refractivity contribution in [3.8, 4) is 10.6 Å². The van der Waals surface area contributed by atoms with Crippen LogP contribution in [0, 0.1) is 19.7 Å². The maximum absolute atomic E-state index is 13.5. The van der Waals surface area contributed by atoms with E-state index in [0.29, 0.717) is 16.8 Å². The summed E-state index contributed by atoms with van der Waals surface area (Å²) in [5.41, 5.74) is 3.39. The number of hydrogen-bond acceptors (Lipinski definition) is 3. The molecule has 122 valence electrons. The van der Waals surface area contributed by atoms with Crippen LogP contribution >= 0.6 is 11.3 Å². The summed E-state index contributed by atoms with van der Waals surface area (Å²) in [6.45, 7) is 3.81. The smallest absolute Gasteiger partial charge is 0.253 e. The van der Waals surface area contributed by atoms with E-state index in [1.807, 2.05) is 36.6 Å². The highest BCUT2D eigenvalue weighted by molar-refractivity contribution is 7.13. The SMILES string of the molecule is Cc1ccc(CNC(=O)c2ccc(-c3cccs3)nc2C)cc1F. The number of hydrogen-bond donors (Lipinski definition) is 1. The van der Waals surface area contributed by atoms with E-state index in [2.05, 4.69) is 10.3 Å². The molecule has 1 amide bonds. The van der Waals surface area contributed by atoms with Crippen LogP contribution in [-0.2, 0) is 6.54 Å². The largest absolute Gasteiger partial charge is 0.348 e. The third kappa shape index (κ3) is 3.51. The van der Waals surface area contributed by atoms with Gasteiger partial charge in [-0.25, -0.2) is 4.39 Å². The molecule has 3 nitrogen and oxygen atoms in total. The third-order valence-corrected chi connectivity index (χ3v) is 4.69. The number of aryl methyl sites for hydroxylation is 2. The molecule has 5 heteroatoms. The summed E-state index contributed by atoms with van der Waals surface area (Å²) in [6, 6.07) is 12.6. The summed E-state index contributed by atoms with van der Waals surface area (Å²) in [7, 11) is 0. The van der Waals surface area contributed by atoms with E-state index in [1.165, 1.54) is 6.07 Å². The lowest BCUT2D eigenvalue weighted by atomic mass is 10.1. The van der Waals surface area contributed by atoms with E-state index >= 15 is 0 Å². The molecule has 2 heterocycles. The standard InChI is InChI=1S/C19H17FN2OS/c1-12-5-6-14(10-16(12)20)11-21-19(23)15-7-8-17(22-13(15)2)18-4-3-9-24-18/h3-10H,11H2,1-2H3,(H,21,23). The van der Waals surface area contributed by atoms with Crippen molar-refractivity contribution in [2.24, 2.45) is 0 Å². The van der Waals surface area contributed by atoms with Crippen molar-refractivity contribution >= 4 is 17.2 Å². The van der Waals surface area contributed by atoms with Crippen molar-refractivity contribution < 1.29 is 9.18 Å². The molecule has 1 N–H and O–H groups in total. The van der Waals surface area contributed by atoms with Crippen LogP contribution < -0.4 is 5.32 Å². The van der Waals surface area contributed by atoms with Crippen LogP contribution in [0.25, 0.3) is 10.6 Å². The first kappa shape index (κ1) is 16.3. The van der Waals surface area contributed by atoms with E-state index in [0.717, 1.165) is 16.1 Å². The summed E-state index contributed by atoms with van der Waals surface area (Å²) in [4.78, 5) is 17.9. The zero-order chi connectivity index (χ0) is 17.1. The first-order valence-corrected chi connectivity index (χ1v) is 8.47. The minimum atomic E-state index is -0.264. The van der Waals surface area contributed by atoms with Gasteiger partial charge >= 0.3 is 0 Å². The van der Waals surface area contributed by atoms with E-state index < -0.39 is 0 Å². The second-order valence-electron chi connectivity index (χ2n) is 5.57. The summed E-state index contributed by atoms with van der Waals surface area (Å²) in [5.74, 6) is -0.474. The molecule has 0 atom stereocenters. The van der Waals surface area contributed by atoms with Crippen LogP contribution in [0.4, 0.5) is 4.39 Å². The topological polar surface area (TPSA) is 42.0 Å². The maximum atomic E-state index is 13.5. The van der Waals surface area contributed by atoms with Gasteiger partial charge in [0.05, 0.1) is 21.8 Å². The lowest BCUT2D eigenvalue weighted by Gasteiger charge is -2.09. The predicted molar refractivity (Wildman–Crippen MR) is 94.6 cm³/mol. The van der Waals surface area contributed by atoms with Crippen LogP contribution in [0.5, 0.6) is 0 Å². The van der Waals surface area contributed by atoms with Crippen LogP contribution in [0.3, 0.4) is 0 Å². The van der Waals surface area contributed by atoms with E-state index in [1.54, 1.807) is 30.4 Å². The second kappa shape index (κ2) is 6.93. The van der Waals surface area contributed by atoms with Crippen LogP contribution in [-0.4, -0.2) is 10.9 Å². The normalized spacial score (nSPS) is 10.6. The van der Waals surface area contributed by atoms with Crippen LogP contribution in [0.15, 0.2) is 47.8 Å². The summed E-state index contributed by atoms with van der Waals surface area (Å²) in [5, 5.41) is 4.81. The van der Waals surface area contributed by atoms with Gasteiger partial charge in [0.2, 0.25) is 0 Å². The summed E-state index contributed by atoms with van der Waals surface area (Å²) < 4.78 is 13.5. The number of aromatic nitrogens is 1. The van der Waals surface area contributed by atoms with Crippen molar-refractivity contribution in [1.82, 2.24) is 10.3 Å². The molecule has 0 unspecified atom stereocenters. The number of carbonyl (C=O) groups is 1. The van der Waals surface area contributed by atoms with Crippen molar-refractivity contribution in [3.63, 3.8) is 0 Å². The first-order chi connectivity index (χ1) is 11.5. The Balaban J connectivity index is 1.72. The molecule has 0 spiro atoms. The van der Waals surface area contributed by atoms with E-state index in [4.69, 9.17) is 0 Å². The summed E-state index contributed by atoms with van der Waals surface area (Å²) >= 11 is 1.61. The Labute approximate surface area is 144 Å². The number of rotatable bonds is 4. The molecule has 1 aromatic carbocycles. The van der Waals surface area contributed by atoms with Gasteiger partial charge in [0.1, 0.15) is 5.82 Å². The predicted octanol–water partition coefficient (Wildman–Crippen LogP) is 4.50. The number of nitrogens with zero attached hydrogens (tertiary/aromatic N) is 1. The molecule has 0 bridgehead atoms. The van der Waals surface area contributed by atoms with Gasteiger partial charge in [-0.15, -0.1) is 11.3 Å². The molecule has 0 fully saturated rings. The number of halogens is 1. The van der Waals surface area contributed by atoms with Gasteiger partial charge < -0.3 is 5.32 Å². The fraction of sp³-hybridized carbons (Fsp3) is 0.158. The highest BCUT2D eigenvalue weighted by atomic mass is 32.1. The van der Waals surface area contributed by atoms with Gasteiger partial charge in [0.15, 0.2) is 0 Å². The number of carbonyl (C=O) groups excluding carboxylic acids is 1. The molecule has 3 aromatic rings. The van der Waals surface area contributed by atoms with Crippen molar-refractivity contribution in [1.29, 1.82) is 0 Å². The minimum absolute atomic E-state index is 0.210. The van der Waals surface area contributed by atoms with Gasteiger partial charge in [-0.3, -0.25) is 9.78 Å². The molecule has 2 aromatic heterocycles. The maximum Gasteiger partial charge on any atom is 0.253 e. The average Bonchev–Trinajstić information content (AvgIpc) is 3.10. The van der Waals surface area contributed by atoms with Gasteiger partial charge in [-0.1, -0.05) is 18.2 Å². The highest BCUT2D eigenvalue weighted by Gasteiger charge is 2.12. The van der Waals surface area contributed by atoms with Crippen LogP contribution in [0.2, 0.25) is 0 Å². The van der Waals surface area contributed by atoms with Gasteiger partial charge in [0, 0.05) is 6.54 Å². The van der Waals surface area contributed by atoms with E-state index in [9.17, 15) is 9.18 Å². The molecule has 0 saturated heterocycles. The molecule has 0 radical (unpaired) electrons. The quantitative estimate of drug-likeness (QED) is 0.760. The van der Waals surface area contributed by atoms with Crippen LogP contribution in [0.1, 0.15) is 27.2 Å². The van der Waals surface area contributed by atoms with Gasteiger partial charge in [-0.2, -0.15) is 0 Å². The molecular weight excluding hydrogens is 323 g/mol. The van der Waals surface area contributed by atoms with Crippen molar-refractivity contribution in [3.05, 3.63) is 76.0 Å². The number of thiophene rings is 1. The van der Waals surface area contributed by atoms with Crippen molar-refractivity contribution in [2.45, 2.75) is 20.4 Å². The first-order valence-electron chi connectivity index (χ1n) is 7.59. The monoisotopic (exact) mass is 340 g/mol. The molecule has 0 aliphatic carbocycles. The minimum Gasteiger partial charge on any atom is -0.348 e. The Morgan fingerprint density at radius 2 is 2.04 bits per heavy atom. The lowest BCUT2D eigenvalue weighted by Crippen LogP contribution is -2.24. The second-order valence-corrected chi connectivity index (χ2v) is 6.52. The Morgan fingerprint density at radius 1 is 1.21 bits per heavy atom. The number of pyridine rings is 1. The number of benzene rings is 1. The van der Waals surface area contributed by atoms with E-state index in [-0.39, 0.29) is 18.3 Å². The molecule has 0 aliphatic rings. The Kier molecular flexibility index (Phi) is 4.71.